The molecule has 7 heteroatoms. The molecule has 3 aromatic rings. The quantitative estimate of drug-likeness (QED) is 0.176. The van der Waals surface area contributed by atoms with Gasteiger partial charge in [0.05, 0.1) is 24.8 Å². The molecule has 2 aliphatic heterocycles. The molecule has 2 heterocycles. The van der Waals surface area contributed by atoms with Gasteiger partial charge in [0.2, 0.25) is 0 Å². The molecule has 7 nitrogen and oxygen atoms in total. The second-order valence-electron chi connectivity index (χ2n) is 11.0. The number of aliphatic hydroxyl groups excluding tert-OH is 1. The van der Waals surface area contributed by atoms with Crippen LogP contribution < -0.4 is 14.2 Å². The van der Waals surface area contributed by atoms with Gasteiger partial charge < -0.3 is 24.2 Å². The van der Waals surface area contributed by atoms with Gasteiger partial charge >= 0.3 is 0 Å². The Balaban J connectivity index is 1.60. The van der Waals surface area contributed by atoms with E-state index in [0.29, 0.717) is 48.2 Å². The minimum atomic E-state index is -0.817. The molecule has 0 bridgehead atoms. The lowest BCUT2D eigenvalue weighted by Crippen LogP contribution is -2.29. The number of fused-ring (bicyclic) bond motifs is 1. The SMILES string of the molecule is CCOc1cc([C@@H]2/C(=C(\O)c3ccc4c(c3)C[C@@H](C)O4)C(=O)C(=O)N2Cc2ccccc2)ccc1OCCC(C)C. The fourth-order valence-corrected chi connectivity index (χ4v) is 5.38. The Morgan fingerprint density at radius 3 is 2.54 bits per heavy atom. The second-order valence-corrected chi connectivity index (χ2v) is 11.0. The Hall–Kier alpha value is -4.26. The third-order valence-electron chi connectivity index (χ3n) is 7.44. The maximum Gasteiger partial charge on any atom is 0.295 e. The van der Waals surface area contributed by atoms with Crippen LogP contribution in [0.5, 0.6) is 17.2 Å². The fourth-order valence-electron chi connectivity index (χ4n) is 5.38. The summed E-state index contributed by atoms with van der Waals surface area (Å²) in [5.41, 5.74) is 3.01. The summed E-state index contributed by atoms with van der Waals surface area (Å²) in [6.07, 6.45) is 1.64. The highest BCUT2D eigenvalue weighted by atomic mass is 16.5. The number of hydrogen-bond donors (Lipinski definition) is 1. The van der Waals surface area contributed by atoms with Crippen molar-refractivity contribution < 1.29 is 28.9 Å². The summed E-state index contributed by atoms with van der Waals surface area (Å²) in [6.45, 7) is 9.33. The van der Waals surface area contributed by atoms with E-state index in [1.807, 2.05) is 68.4 Å². The number of carbonyl (C=O) groups is 2. The lowest BCUT2D eigenvalue weighted by Gasteiger charge is -2.26. The molecule has 5 rings (SSSR count). The van der Waals surface area contributed by atoms with Gasteiger partial charge in [-0.1, -0.05) is 50.2 Å². The number of aliphatic hydroxyl groups is 1. The van der Waals surface area contributed by atoms with Gasteiger partial charge in [0.15, 0.2) is 11.5 Å². The minimum absolute atomic E-state index is 0.0390. The van der Waals surface area contributed by atoms with Crippen molar-refractivity contribution >= 4 is 17.4 Å². The van der Waals surface area contributed by atoms with Gasteiger partial charge in [-0.15, -0.1) is 0 Å². The summed E-state index contributed by atoms with van der Waals surface area (Å²) in [4.78, 5) is 28.6. The zero-order chi connectivity index (χ0) is 29.1. The fraction of sp³-hybridized carbons (Fsp3) is 0.353. The molecule has 0 spiro atoms. The zero-order valence-electron chi connectivity index (χ0n) is 24.1. The summed E-state index contributed by atoms with van der Waals surface area (Å²) < 4.78 is 17.8. The highest BCUT2D eigenvalue weighted by Gasteiger charge is 2.46. The molecule has 3 aromatic carbocycles. The van der Waals surface area contributed by atoms with E-state index in [-0.39, 0.29) is 24.0 Å². The molecule has 0 unspecified atom stereocenters. The lowest BCUT2D eigenvalue weighted by atomic mass is 9.94. The maximum atomic E-state index is 13.6. The number of rotatable bonds is 10. The Morgan fingerprint density at radius 1 is 1.02 bits per heavy atom. The smallest absolute Gasteiger partial charge is 0.295 e. The van der Waals surface area contributed by atoms with Crippen LogP contribution in [0.2, 0.25) is 0 Å². The first-order chi connectivity index (χ1) is 19.8. The van der Waals surface area contributed by atoms with Gasteiger partial charge in [0, 0.05) is 18.5 Å². The normalized spacial score (nSPS) is 19.4. The molecule has 1 amide bonds. The number of ether oxygens (including phenoxy) is 3. The monoisotopic (exact) mass is 555 g/mol. The molecule has 1 N–H and O–H groups in total. The van der Waals surface area contributed by atoms with Crippen molar-refractivity contribution in [1.82, 2.24) is 4.90 Å². The van der Waals surface area contributed by atoms with E-state index in [0.717, 1.165) is 23.3 Å². The topological polar surface area (TPSA) is 85.3 Å². The van der Waals surface area contributed by atoms with Crippen LogP contribution >= 0.6 is 0 Å². The van der Waals surface area contributed by atoms with E-state index < -0.39 is 17.7 Å². The first-order valence-electron chi connectivity index (χ1n) is 14.3. The summed E-state index contributed by atoms with van der Waals surface area (Å²) >= 11 is 0. The molecule has 214 valence electrons. The molecule has 0 saturated carbocycles. The van der Waals surface area contributed by atoms with Gasteiger partial charge in [-0.25, -0.2) is 0 Å². The highest BCUT2D eigenvalue weighted by molar-refractivity contribution is 6.46. The largest absolute Gasteiger partial charge is 0.507 e. The summed E-state index contributed by atoms with van der Waals surface area (Å²) in [6, 6.07) is 19.5. The van der Waals surface area contributed by atoms with Crippen molar-refractivity contribution in [3.63, 3.8) is 0 Å². The number of Topliss-reactive ketones (excluding diaryl/α,β-unsaturated/α-hetero) is 1. The predicted molar refractivity (Wildman–Crippen MR) is 157 cm³/mol. The van der Waals surface area contributed by atoms with Gasteiger partial charge in [0.1, 0.15) is 17.6 Å². The highest BCUT2D eigenvalue weighted by Crippen LogP contribution is 2.43. The van der Waals surface area contributed by atoms with Crippen molar-refractivity contribution in [3.05, 3.63) is 94.6 Å². The molecule has 2 atom stereocenters. The number of amides is 1. The van der Waals surface area contributed by atoms with Crippen molar-refractivity contribution in [1.29, 1.82) is 0 Å². The average Bonchev–Trinajstić information content (AvgIpc) is 3.45. The third kappa shape index (κ3) is 5.94. The van der Waals surface area contributed by atoms with Crippen LogP contribution in [0.3, 0.4) is 0 Å². The molecule has 2 aliphatic rings. The molecule has 41 heavy (non-hydrogen) atoms. The first kappa shape index (κ1) is 28.3. The first-order valence-corrected chi connectivity index (χ1v) is 14.3. The van der Waals surface area contributed by atoms with E-state index >= 15 is 0 Å². The standard InChI is InChI=1S/C34H37NO6/c1-5-39-29-19-24(11-14-28(29)40-16-15-21(2)3)31-30(32(36)25-12-13-27-26(18-25)17-22(4)41-27)33(37)34(38)35(31)20-23-9-7-6-8-10-23/h6-14,18-19,21-22,31,36H,5,15-17,20H2,1-4H3/b32-30+/t22-,31-/m1/s1. The summed E-state index contributed by atoms with van der Waals surface area (Å²) in [5, 5.41) is 11.6. The van der Waals surface area contributed by atoms with Crippen LogP contribution in [0.25, 0.3) is 5.76 Å². The summed E-state index contributed by atoms with van der Waals surface area (Å²) in [7, 11) is 0. The van der Waals surface area contributed by atoms with E-state index in [1.165, 1.54) is 4.90 Å². The number of benzene rings is 3. The molecule has 1 fully saturated rings. The third-order valence-corrected chi connectivity index (χ3v) is 7.44. The van der Waals surface area contributed by atoms with Gasteiger partial charge in [-0.2, -0.15) is 0 Å². The van der Waals surface area contributed by atoms with E-state index in [2.05, 4.69) is 13.8 Å². The molecular weight excluding hydrogens is 518 g/mol. The van der Waals surface area contributed by atoms with Crippen molar-refractivity contribution in [2.45, 2.75) is 59.2 Å². The van der Waals surface area contributed by atoms with E-state index in [1.54, 1.807) is 12.1 Å². The van der Waals surface area contributed by atoms with Gasteiger partial charge in [-0.05, 0) is 73.2 Å². The van der Waals surface area contributed by atoms with Crippen LogP contribution in [-0.2, 0) is 22.6 Å². The maximum absolute atomic E-state index is 13.6. The van der Waals surface area contributed by atoms with E-state index in [9.17, 15) is 14.7 Å². The van der Waals surface area contributed by atoms with Crippen LogP contribution in [0.4, 0.5) is 0 Å². The van der Waals surface area contributed by atoms with Crippen LogP contribution in [0.1, 0.15) is 62.4 Å². The van der Waals surface area contributed by atoms with Crippen molar-refractivity contribution in [2.24, 2.45) is 5.92 Å². The number of hydrogen-bond acceptors (Lipinski definition) is 6. The second kappa shape index (κ2) is 12.1. The number of likely N-dealkylation sites (tertiary alicyclic amines) is 1. The van der Waals surface area contributed by atoms with Crippen molar-refractivity contribution in [3.8, 4) is 17.2 Å². The molecule has 0 aromatic heterocycles. The van der Waals surface area contributed by atoms with Crippen LogP contribution in [0.15, 0.2) is 72.3 Å². The Morgan fingerprint density at radius 2 is 1.80 bits per heavy atom. The molecular formula is C34H37NO6. The average molecular weight is 556 g/mol. The summed E-state index contributed by atoms with van der Waals surface area (Å²) in [5.74, 6) is 0.812. The molecule has 0 radical (unpaired) electrons. The zero-order valence-corrected chi connectivity index (χ0v) is 24.1. The molecule has 1 saturated heterocycles. The van der Waals surface area contributed by atoms with Gasteiger partial charge in [0.25, 0.3) is 11.7 Å². The number of ketones is 1. The number of carbonyl (C=O) groups excluding carboxylic acids is 2. The van der Waals surface area contributed by atoms with E-state index in [4.69, 9.17) is 14.2 Å². The minimum Gasteiger partial charge on any atom is -0.507 e. The molecule has 0 aliphatic carbocycles. The van der Waals surface area contributed by atoms with Gasteiger partial charge in [-0.3, -0.25) is 9.59 Å². The van der Waals surface area contributed by atoms with Crippen LogP contribution in [0, 0.1) is 5.92 Å². The Labute approximate surface area is 241 Å². The lowest BCUT2D eigenvalue weighted by molar-refractivity contribution is -0.140. The predicted octanol–water partition coefficient (Wildman–Crippen LogP) is 6.46. The number of nitrogens with zero attached hydrogens (tertiary/aromatic N) is 1. The Bertz CT molecular complexity index is 1460. The van der Waals surface area contributed by atoms with Crippen LogP contribution in [-0.4, -0.2) is 41.0 Å². The Kier molecular flexibility index (Phi) is 8.34. The van der Waals surface area contributed by atoms with Crippen molar-refractivity contribution in [2.75, 3.05) is 13.2 Å².